The zero-order valence-electron chi connectivity index (χ0n) is 10.4. The van der Waals surface area contributed by atoms with Gasteiger partial charge < -0.3 is 0 Å². The molecule has 14 heavy (non-hydrogen) atoms. The van der Waals surface area contributed by atoms with Gasteiger partial charge in [0.2, 0.25) is 0 Å². The lowest BCUT2D eigenvalue weighted by Gasteiger charge is -2.14. The van der Waals surface area contributed by atoms with E-state index in [1.54, 1.807) is 0 Å². The first-order valence-corrected chi connectivity index (χ1v) is 9.62. The van der Waals surface area contributed by atoms with Gasteiger partial charge in [-0.25, -0.2) is 0 Å². The molecule has 0 aromatic carbocycles. The molecule has 0 saturated heterocycles. The smallest absolute Gasteiger partial charge is 0.261 e. The number of hydrogen-bond acceptors (Lipinski definition) is 0. The number of halogens is 1. The average Bonchev–Trinajstić information content (AvgIpc) is 2.03. The third-order valence-corrected chi connectivity index (χ3v) is 6.58. The van der Waals surface area contributed by atoms with Crippen LogP contribution >= 0.6 is 10.0 Å². The summed E-state index contributed by atoms with van der Waals surface area (Å²) < 4.78 is 0. The molecule has 0 fully saturated rings. The summed E-state index contributed by atoms with van der Waals surface area (Å²) >= 11 is -0.909. The normalized spacial score (nSPS) is 15.2. The van der Waals surface area contributed by atoms with E-state index in [1.165, 1.54) is 36.2 Å². The van der Waals surface area contributed by atoms with Crippen molar-refractivity contribution in [2.24, 2.45) is 11.8 Å². The molecule has 0 spiro atoms. The van der Waals surface area contributed by atoms with Gasteiger partial charge in [-0.3, -0.25) is 10.0 Å². The summed E-state index contributed by atoms with van der Waals surface area (Å²) in [5.41, 5.74) is 0. The van der Waals surface area contributed by atoms with Gasteiger partial charge in [0.25, 0.3) is 0 Å². The van der Waals surface area contributed by atoms with Gasteiger partial charge in [0, 0.05) is 0 Å². The topological polar surface area (TPSA) is 0 Å². The highest BCUT2D eigenvalue weighted by molar-refractivity contribution is 7.06. The monoisotopic (exact) mass is 232 g/mol. The molecule has 0 aliphatic rings. The van der Waals surface area contributed by atoms with Crippen LogP contribution in [0.15, 0.2) is 0 Å². The van der Waals surface area contributed by atoms with Crippen LogP contribution in [0.25, 0.3) is 0 Å². The fourth-order valence-corrected chi connectivity index (χ4v) is 6.43. The Hall–Kier alpha value is 0.822. The van der Waals surface area contributed by atoms with E-state index in [1.807, 2.05) is 0 Å². The maximum Gasteiger partial charge on any atom is 0.400 e. The maximum absolute atomic E-state index is 6.48. The lowest BCUT2D eigenvalue weighted by Crippen LogP contribution is -2.13. The molecule has 2 unspecified atom stereocenters. The highest BCUT2D eigenvalue weighted by Gasteiger charge is 2.20. The van der Waals surface area contributed by atoms with Crippen LogP contribution < -0.4 is 0 Å². The lowest BCUT2D eigenvalue weighted by atomic mass is 10.1. The van der Waals surface area contributed by atoms with Crippen molar-refractivity contribution in [3.63, 3.8) is 0 Å². The van der Waals surface area contributed by atoms with E-state index < -0.39 is 13.2 Å². The second-order valence-electron chi connectivity index (χ2n) is 4.86. The highest BCUT2D eigenvalue weighted by Crippen LogP contribution is 2.22. The molecule has 0 aliphatic carbocycles. The molecule has 0 bridgehead atoms. The minimum atomic E-state index is -0.909. The maximum atomic E-state index is 6.48. The van der Waals surface area contributed by atoms with E-state index in [0.29, 0.717) is 0 Å². The van der Waals surface area contributed by atoms with Crippen LogP contribution in [-0.2, 0) is 0 Å². The van der Waals surface area contributed by atoms with E-state index in [4.69, 9.17) is 10.0 Å². The van der Waals surface area contributed by atoms with Crippen molar-refractivity contribution in [3.8, 4) is 0 Å². The molecule has 0 aromatic rings. The van der Waals surface area contributed by atoms with Crippen molar-refractivity contribution in [1.82, 2.24) is 0 Å². The quantitative estimate of drug-likeness (QED) is 0.512. The molecule has 0 aliphatic heterocycles. The largest absolute Gasteiger partial charge is 0.400 e. The molecule has 0 nitrogen and oxygen atoms in total. The molecular formula is C12H26AlCl. The molecule has 0 aromatic heterocycles. The van der Waals surface area contributed by atoms with Crippen molar-refractivity contribution in [1.29, 1.82) is 0 Å². The summed E-state index contributed by atoms with van der Waals surface area (Å²) in [6, 6.07) is 0. The summed E-state index contributed by atoms with van der Waals surface area (Å²) in [5, 5.41) is 2.67. The van der Waals surface area contributed by atoms with E-state index in [-0.39, 0.29) is 0 Å². The van der Waals surface area contributed by atoms with E-state index >= 15 is 0 Å². The van der Waals surface area contributed by atoms with Crippen LogP contribution in [0.2, 0.25) is 10.6 Å². The van der Waals surface area contributed by atoms with Crippen LogP contribution in [0.5, 0.6) is 0 Å². The Morgan fingerprint density at radius 1 is 0.929 bits per heavy atom. The van der Waals surface area contributed by atoms with Crippen molar-refractivity contribution in [2.45, 2.75) is 63.9 Å². The van der Waals surface area contributed by atoms with Crippen LogP contribution in [0.4, 0.5) is 0 Å². The molecule has 0 N–H and O–H groups in total. The van der Waals surface area contributed by atoms with Crippen LogP contribution in [0.1, 0.15) is 53.4 Å². The lowest BCUT2D eigenvalue weighted by molar-refractivity contribution is 0.552. The van der Waals surface area contributed by atoms with Crippen molar-refractivity contribution >= 4 is 23.3 Å². The second-order valence-corrected chi connectivity index (χ2v) is 8.85. The Labute approximate surface area is 99.0 Å². The molecule has 84 valence electrons. The van der Waals surface area contributed by atoms with Crippen LogP contribution in [-0.4, -0.2) is 13.2 Å². The third-order valence-electron chi connectivity index (χ3n) is 2.88. The van der Waals surface area contributed by atoms with Crippen molar-refractivity contribution in [3.05, 3.63) is 0 Å². The highest BCUT2D eigenvalue weighted by atomic mass is 35.6. The summed E-state index contributed by atoms with van der Waals surface area (Å²) in [5.74, 6) is 1.73. The Balaban J connectivity index is 3.57. The van der Waals surface area contributed by atoms with Gasteiger partial charge in [0.15, 0.2) is 0 Å². The predicted molar refractivity (Wildman–Crippen MR) is 69.4 cm³/mol. The summed E-state index contributed by atoms with van der Waals surface area (Å²) in [4.78, 5) is 0. The predicted octanol–water partition coefficient (Wildman–Crippen LogP) is 5.09. The fraction of sp³-hybridized carbons (Fsp3) is 1.00. The van der Waals surface area contributed by atoms with E-state index in [2.05, 4.69) is 27.7 Å². The number of hydrogen-bond donors (Lipinski definition) is 0. The van der Waals surface area contributed by atoms with Gasteiger partial charge in [0.1, 0.15) is 0 Å². The first-order valence-electron chi connectivity index (χ1n) is 6.24. The zero-order valence-corrected chi connectivity index (χ0v) is 12.3. The Morgan fingerprint density at radius 3 is 1.57 bits per heavy atom. The second kappa shape index (κ2) is 9.08. The molecule has 2 atom stereocenters. The first-order chi connectivity index (χ1) is 6.60. The Morgan fingerprint density at radius 2 is 1.29 bits per heavy atom. The molecule has 0 heterocycles. The van der Waals surface area contributed by atoms with Crippen LogP contribution in [0.3, 0.4) is 0 Å². The molecular weight excluding hydrogens is 207 g/mol. The van der Waals surface area contributed by atoms with Gasteiger partial charge in [0.05, 0.1) is 0 Å². The fourth-order valence-electron chi connectivity index (χ4n) is 2.19. The van der Waals surface area contributed by atoms with Crippen molar-refractivity contribution < 1.29 is 0 Å². The Kier molecular flexibility index (Phi) is 9.61. The molecule has 2 heteroatoms. The SMILES string of the molecule is CCCC(C)[CH2][Al]([Cl])[CH2]C(C)CCC. The zero-order chi connectivity index (χ0) is 11.0. The van der Waals surface area contributed by atoms with E-state index in [9.17, 15) is 0 Å². The minimum Gasteiger partial charge on any atom is -0.261 e. The summed E-state index contributed by atoms with van der Waals surface area (Å²) in [7, 11) is 6.48. The summed E-state index contributed by atoms with van der Waals surface area (Å²) in [6.07, 6.45) is 5.34. The van der Waals surface area contributed by atoms with Gasteiger partial charge in [-0.1, -0.05) is 75.8 Å². The first kappa shape index (κ1) is 14.8. The van der Waals surface area contributed by atoms with Gasteiger partial charge in [-0.15, -0.1) is 0 Å². The molecule has 0 saturated carbocycles. The molecule has 0 radical (unpaired) electrons. The Bertz CT molecular complexity index is 113. The van der Waals surface area contributed by atoms with Gasteiger partial charge in [-0.2, -0.15) is 0 Å². The van der Waals surface area contributed by atoms with Gasteiger partial charge >= 0.3 is 13.2 Å². The summed E-state index contributed by atoms with van der Waals surface area (Å²) in [6.45, 7) is 9.24. The van der Waals surface area contributed by atoms with E-state index in [0.717, 1.165) is 11.8 Å². The number of rotatable bonds is 8. The minimum absolute atomic E-state index is 0.864. The van der Waals surface area contributed by atoms with Gasteiger partial charge in [-0.05, 0) is 0 Å². The van der Waals surface area contributed by atoms with Crippen LogP contribution in [0, 0.1) is 11.8 Å². The van der Waals surface area contributed by atoms with Crippen molar-refractivity contribution in [2.75, 3.05) is 0 Å². The molecule has 0 amide bonds. The standard InChI is InChI=1S/2C6H13.Al.ClH/c2*1-4-5-6(2)3;;/h2*6H,2,4-5H2,1,3H3;;1H/q;;+1;/p-1. The molecule has 0 rings (SSSR count). The average molecular weight is 233 g/mol. The third kappa shape index (κ3) is 8.16.